The molecule has 0 radical (unpaired) electrons. The number of hydrogen-bond donors (Lipinski definition) is 0. The van der Waals surface area contributed by atoms with Gasteiger partial charge in [0.25, 0.3) is 5.69 Å². The molecule has 1 atom stereocenters. The Kier molecular flexibility index (Phi) is 3.76. The van der Waals surface area contributed by atoms with Crippen molar-refractivity contribution >= 4 is 28.8 Å². The van der Waals surface area contributed by atoms with Crippen LogP contribution in [0.4, 0.5) is 5.69 Å². The molecule has 0 aromatic heterocycles. The van der Waals surface area contributed by atoms with Gasteiger partial charge >= 0.3 is 0 Å². The number of hydrogen-bond acceptors (Lipinski definition) is 6. The third-order valence-electron chi connectivity index (χ3n) is 2.50. The Morgan fingerprint density at radius 1 is 1.56 bits per heavy atom. The van der Waals surface area contributed by atoms with Gasteiger partial charge in [-0.3, -0.25) is 10.1 Å². The number of aliphatic imine (C=N–C) groups is 1. The van der Waals surface area contributed by atoms with E-state index >= 15 is 0 Å². The maximum atomic E-state index is 10.5. The van der Waals surface area contributed by atoms with Crippen LogP contribution in [0.2, 0.25) is 0 Å². The number of rotatable bonds is 4. The first-order valence-corrected chi connectivity index (χ1v) is 5.62. The van der Waals surface area contributed by atoms with E-state index in [9.17, 15) is 10.1 Å². The molecule has 0 bridgehead atoms. The Balaban J connectivity index is 2.05. The zero-order valence-corrected chi connectivity index (χ0v) is 10.1. The van der Waals surface area contributed by atoms with Gasteiger partial charge in [-0.2, -0.15) is 0 Å². The summed E-state index contributed by atoms with van der Waals surface area (Å²) in [5.41, 5.74) is 1.63. The standard InChI is InChI=1S/C11H9N3O3S/c15-14(16)9-3-1-8(2-4-9)11-5-10(17-13-11)6-12-7-18/h1-4,10H,5-6H2. The number of non-ortho nitro benzene ring substituents is 1. The maximum absolute atomic E-state index is 10.5. The molecule has 0 N–H and O–H groups in total. The molecular weight excluding hydrogens is 254 g/mol. The normalized spacial score (nSPS) is 17.6. The van der Waals surface area contributed by atoms with Crippen LogP contribution in [0.3, 0.4) is 0 Å². The second kappa shape index (κ2) is 5.48. The van der Waals surface area contributed by atoms with Gasteiger partial charge in [-0.05, 0) is 29.9 Å². The van der Waals surface area contributed by atoms with Crippen LogP contribution >= 0.6 is 12.2 Å². The van der Waals surface area contributed by atoms with Crippen LogP contribution in [0.15, 0.2) is 34.4 Å². The molecule has 0 fully saturated rings. The van der Waals surface area contributed by atoms with Crippen molar-refractivity contribution in [2.75, 3.05) is 6.54 Å². The van der Waals surface area contributed by atoms with Gasteiger partial charge in [-0.1, -0.05) is 5.16 Å². The van der Waals surface area contributed by atoms with Gasteiger partial charge in [0.2, 0.25) is 0 Å². The molecule has 1 heterocycles. The van der Waals surface area contributed by atoms with Crippen LogP contribution in [-0.2, 0) is 4.84 Å². The minimum atomic E-state index is -0.437. The molecule has 1 aromatic carbocycles. The van der Waals surface area contributed by atoms with Gasteiger partial charge in [0, 0.05) is 18.6 Å². The number of oxime groups is 1. The molecule has 2 rings (SSSR count). The smallest absolute Gasteiger partial charge is 0.269 e. The SMILES string of the molecule is O=[N+]([O-])c1ccc(C2=NOC(CN=C=S)C2)cc1. The van der Waals surface area contributed by atoms with Crippen molar-refractivity contribution in [3.05, 3.63) is 39.9 Å². The summed E-state index contributed by atoms with van der Waals surface area (Å²) in [5.74, 6) is 0. The second-order valence-corrected chi connectivity index (χ2v) is 3.89. The van der Waals surface area contributed by atoms with Gasteiger partial charge in [0.15, 0.2) is 6.10 Å². The lowest BCUT2D eigenvalue weighted by molar-refractivity contribution is -0.384. The van der Waals surface area contributed by atoms with Crippen molar-refractivity contribution in [2.45, 2.75) is 12.5 Å². The molecule has 1 aliphatic heterocycles. The molecule has 7 heteroatoms. The summed E-state index contributed by atoms with van der Waals surface area (Å²) in [5, 5.41) is 16.7. The summed E-state index contributed by atoms with van der Waals surface area (Å²) in [6, 6.07) is 6.21. The van der Waals surface area contributed by atoms with Gasteiger partial charge in [0.1, 0.15) is 0 Å². The van der Waals surface area contributed by atoms with Crippen LogP contribution in [-0.4, -0.2) is 28.4 Å². The van der Waals surface area contributed by atoms with E-state index in [0.717, 1.165) is 11.3 Å². The van der Waals surface area contributed by atoms with Crippen LogP contribution in [0.25, 0.3) is 0 Å². The topological polar surface area (TPSA) is 77.1 Å². The molecule has 0 aliphatic carbocycles. The molecule has 0 amide bonds. The second-order valence-electron chi connectivity index (χ2n) is 3.71. The lowest BCUT2D eigenvalue weighted by atomic mass is 10.0. The van der Waals surface area contributed by atoms with E-state index in [0.29, 0.717) is 13.0 Å². The van der Waals surface area contributed by atoms with E-state index in [1.165, 1.54) is 12.1 Å². The number of nitrogens with zero attached hydrogens (tertiary/aromatic N) is 3. The van der Waals surface area contributed by atoms with E-state index in [4.69, 9.17) is 4.84 Å². The molecule has 0 saturated carbocycles. The summed E-state index contributed by atoms with van der Waals surface area (Å²) < 4.78 is 0. The summed E-state index contributed by atoms with van der Waals surface area (Å²) in [7, 11) is 0. The van der Waals surface area contributed by atoms with Gasteiger partial charge in [0.05, 0.1) is 22.3 Å². The van der Waals surface area contributed by atoms with E-state index in [1.54, 1.807) is 12.1 Å². The first kappa shape index (κ1) is 12.3. The molecule has 1 unspecified atom stereocenters. The van der Waals surface area contributed by atoms with E-state index < -0.39 is 4.92 Å². The lowest BCUT2D eigenvalue weighted by Gasteiger charge is -2.01. The highest BCUT2D eigenvalue weighted by Crippen LogP contribution is 2.19. The van der Waals surface area contributed by atoms with Crippen molar-refractivity contribution in [1.29, 1.82) is 0 Å². The van der Waals surface area contributed by atoms with Crippen LogP contribution < -0.4 is 0 Å². The number of nitro benzene ring substituents is 1. The van der Waals surface area contributed by atoms with Crippen molar-refractivity contribution in [1.82, 2.24) is 0 Å². The highest BCUT2D eigenvalue weighted by molar-refractivity contribution is 7.78. The third kappa shape index (κ3) is 2.77. The molecular formula is C11H9N3O3S. The number of thiocarbonyl (C=S) groups is 1. The predicted octanol–water partition coefficient (Wildman–Crippen LogP) is 2.19. The van der Waals surface area contributed by atoms with Crippen LogP contribution in [0, 0.1) is 10.1 Å². The fourth-order valence-corrected chi connectivity index (χ4v) is 1.69. The lowest BCUT2D eigenvalue weighted by Crippen LogP contribution is -2.11. The van der Waals surface area contributed by atoms with Gasteiger partial charge in [-0.15, -0.1) is 0 Å². The van der Waals surface area contributed by atoms with E-state index in [-0.39, 0.29) is 11.8 Å². The number of benzene rings is 1. The Morgan fingerprint density at radius 3 is 2.89 bits per heavy atom. The first-order chi connectivity index (χ1) is 8.70. The van der Waals surface area contributed by atoms with Crippen molar-refractivity contribution in [2.24, 2.45) is 10.1 Å². The highest BCUT2D eigenvalue weighted by Gasteiger charge is 2.22. The van der Waals surface area contributed by atoms with Gasteiger partial charge in [-0.25, -0.2) is 4.99 Å². The van der Waals surface area contributed by atoms with Crippen LogP contribution in [0.5, 0.6) is 0 Å². The molecule has 0 spiro atoms. The zero-order valence-electron chi connectivity index (χ0n) is 9.28. The molecule has 92 valence electrons. The van der Waals surface area contributed by atoms with Gasteiger partial charge < -0.3 is 4.84 Å². The molecule has 1 aromatic rings. The maximum Gasteiger partial charge on any atom is 0.269 e. The minimum absolute atomic E-state index is 0.0557. The molecule has 0 saturated heterocycles. The summed E-state index contributed by atoms with van der Waals surface area (Å²) in [4.78, 5) is 19.1. The highest BCUT2D eigenvalue weighted by atomic mass is 32.1. The zero-order chi connectivity index (χ0) is 13.0. The largest absolute Gasteiger partial charge is 0.390 e. The summed E-state index contributed by atoms with van der Waals surface area (Å²) >= 11 is 4.47. The molecule has 6 nitrogen and oxygen atoms in total. The molecule has 18 heavy (non-hydrogen) atoms. The fraction of sp³-hybridized carbons (Fsp3) is 0.273. The van der Waals surface area contributed by atoms with Crippen molar-refractivity contribution in [3.63, 3.8) is 0 Å². The Hall–Kier alpha value is -2.11. The van der Waals surface area contributed by atoms with Crippen molar-refractivity contribution in [3.8, 4) is 0 Å². The van der Waals surface area contributed by atoms with Crippen LogP contribution in [0.1, 0.15) is 12.0 Å². The first-order valence-electron chi connectivity index (χ1n) is 5.22. The van der Waals surface area contributed by atoms with E-state index in [1.807, 2.05) is 0 Å². The van der Waals surface area contributed by atoms with Crippen molar-refractivity contribution < 1.29 is 9.76 Å². The monoisotopic (exact) mass is 263 g/mol. The Morgan fingerprint density at radius 2 is 2.28 bits per heavy atom. The average molecular weight is 263 g/mol. The Bertz CT molecular complexity index is 535. The molecule has 1 aliphatic rings. The third-order valence-corrected chi connectivity index (χ3v) is 2.63. The quantitative estimate of drug-likeness (QED) is 0.361. The number of isothiocyanates is 1. The fourth-order valence-electron chi connectivity index (χ4n) is 1.61. The minimum Gasteiger partial charge on any atom is -0.390 e. The van der Waals surface area contributed by atoms with E-state index in [2.05, 4.69) is 27.5 Å². The average Bonchev–Trinajstić information content (AvgIpc) is 2.85. The number of nitro groups is 1. The summed E-state index contributed by atoms with van der Waals surface area (Å²) in [6.45, 7) is 0.420. The Labute approximate surface area is 108 Å². The predicted molar refractivity (Wildman–Crippen MR) is 69.0 cm³/mol. The summed E-state index contributed by atoms with van der Waals surface area (Å²) in [6.07, 6.45) is 0.476.